The largest absolute Gasteiger partial charge is 0.399 e. The monoisotopic (exact) mass is 327 g/mol. The molecular formula is C13H11Cl2N3OS. The molecule has 4 nitrogen and oxygen atoms in total. The van der Waals surface area contributed by atoms with Crippen LogP contribution >= 0.6 is 35.0 Å². The predicted molar refractivity (Wildman–Crippen MR) is 84.5 cm³/mol. The number of aromatic nitrogens is 1. The lowest BCUT2D eigenvalue weighted by molar-refractivity contribution is -0.113. The molecule has 1 aromatic heterocycles. The molecule has 7 heteroatoms. The van der Waals surface area contributed by atoms with Gasteiger partial charge in [0, 0.05) is 16.8 Å². The number of nitrogens with two attached hydrogens (primary N) is 1. The van der Waals surface area contributed by atoms with Crippen LogP contribution < -0.4 is 11.1 Å². The molecule has 0 radical (unpaired) electrons. The zero-order chi connectivity index (χ0) is 14.5. The van der Waals surface area contributed by atoms with E-state index in [1.807, 2.05) is 0 Å². The molecule has 0 saturated heterocycles. The number of anilines is 2. The summed E-state index contributed by atoms with van der Waals surface area (Å²) in [6, 6.07) is 8.53. The number of nitrogens with zero attached hydrogens (tertiary/aromatic N) is 1. The number of pyridine rings is 1. The topological polar surface area (TPSA) is 68.0 Å². The Hall–Kier alpha value is -1.43. The van der Waals surface area contributed by atoms with E-state index >= 15 is 0 Å². The molecule has 0 bridgehead atoms. The van der Waals surface area contributed by atoms with Gasteiger partial charge in [-0.05, 0) is 30.3 Å². The van der Waals surface area contributed by atoms with E-state index in [1.54, 1.807) is 36.5 Å². The maximum Gasteiger partial charge on any atom is 0.234 e. The number of carbonyl (C=O) groups excluding carboxylic acids is 1. The first-order valence-corrected chi connectivity index (χ1v) is 7.38. The highest BCUT2D eigenvalue weighted by Gasteiger charge is 2.08. The van der Waals surface area contributed by atoms with Crippen LogP contribution in [0.25, 0.3) is 0 Å². The van der Waals surface area contributed by atoms with Crippen LogP contribution in [0.1, 0.15) is 0 Å². The minimum atomic E-state index is -0.191. The number of thioether (sulfide) groups is 1. The Morgan fingerprint density at radius 1 is 1.35 bits per heavy atom. The van der Waals surface area contributed by atoms with Crippen molar-refractivity contribution < 1.29 is 4.79 Å². The summed E-state index contributed by atoms with van der Waals surface area (Å²) in [5, 5.41) is 3.51. The van der Waals surface area contributed by atoms with Gasteiger partial charge >= 0.3 is 0 Å². The number of rotatable bonds is 4. The lowest BCUT2D eigenvalue weighted by Gasteiger charge is -2.07. The van der Waals surface area contributed by atoms with E-state index in [-0.39, 0.29) is 16.8 Å². The molecule has 3 N–H and O–H groups in total. The third kappa shape index (κ3) is 4.03. The molecule has 0 fully saturated rings. The smallest absolute Gasteiger partial charge is 0.234 e. The van der Waals surface area contributed by atoms with Crippen LogP contribution in [0.3, 0.4) is 0 Å². The second-order valence-electron chi connectivity index (χ2n) is 3.87. The van der Waals surface area contributed by atoms with Crippen molar-refractivity contribution in [2.45, 2.75) is 4.90 Å². The minimum Gasteiger partial charge on any atom is -0.399 e. The standard InChI is InChI=1S/C13H11Cl2N3OS/c14-9-4-3-8(16)6-11(9)20-7-12(19)18-10-2-1-5-17-13(10)15/h1-6H,7,16H2,(H,18,19). The molecule has 2 aromatic rings. The van der Waals surface area contributed by atoms with Gasteiger partial charge in [-0.15, -0.1) is 11.8 Å². The van der Waals surface area contributed by atoms with E-state index in [0.29, 0.717) is 16.4 Å². The number of hydrogen-bond acceptors (Lipinski definition) is 4. The van der Waals surface area contributed by atoms with Gasteiger partial charge < -0.3 is 11.1 Å². The zero-order valence-corrected chi connectivity index (χ0v) is 12.6. The van der Waals surface area contributed by atoms with Crippen molar-refractivity contribution >= 4 is 52.2 Å². The van der Waals surface area contributed by atoms with E-state index in [4.69, 9.17) is 28.9 Å². The molecule has 1 heterocycles. The van der Waals surface area contributed by atoms with Gasteiger partial charge in [-0.1, -0.05) is 23.2 Å². The van der Waals surface area contributed by atoms with Crippen molar-refractivity contribution in [2.24, 2.45) is 0 Å². The Morgan fingerprint density at radius 2 is 2.15 bits per heavy atom. The van der Waals surface area contributed by atoms with Gasteiger partial charge in [-0.2, -0.15) is 0 Å². The fourth-order valence-electron chi connectivity index (χ4n) is 1.44. The maximum atomic E-state index is 11.8. The average molecular weight is 328 g/mol. The van der Waals surface area contributed by atoms with Gasteiger partial charge in [0.2, 0.25) is 5.91 Å². The summed E-state index contributed by atoms with van der Waals surface area (Å²) in [7, 11) is 0. The van der Waals surface area contributed by atoms with Gasteiger partial charge in [0.1, 0.15) is 0 Å². The molecule has 1 amide bonds. The van der Waals surface area contributed by atoms with Gasteiger partial charge in [0.15, 0.2) is 5.15 Å². The molecule has 104 valence electrons. The second-order valence-corrected chi connectivity index (χ2v) is 5.65. The van der Waals surface area contributed by atoms with Crippen molar-refractivity contribution in [3.63, 3.8) is 0 Å². The molecule has 2 rings (SSSR count). The van der Waals surface area contributed by atoms with Crippen molar-refractivity contribution in [3.8, 4) is 0 Å². The quantitative estimate of drug-likeness (QED) is 0.510. The first-order valence-electron chi connectivity index (χ1n) is 5.64. The van der Waals surface area contributed by atoms with Crippen LogP contribution in [0.5, 0.6) is 0 Å². The third-order valence-electron chi connectivity index (χ3n) is 2.35. The third-order valence-corrected chi connectivity index (χ3v) is 4.15. The Labute approximate surface area is 130 Å². The van der Waals surface area contributed by atoms with Crippen LogP contribution in [0, 0.1) is 0 Å². The highest BCUT2D eigenvalue weighted by molar-refractivity contribution is 8.00. The van der Waals surface area contributed by atoms with Gasteiger partial charge in [-0.3, -0.25) is 4.79 Å². The average Bonchev–Trinajstić information content (AvgIpc) is 2.42. The fourth-order valence-corrected chi connectivity index (χ4v) is 2.67. The number of carbonyl (C=O) groups is 1. The minimum absolute atomic E-state index is 0.191. The summed E-state index contributed by atoms with van der Waals surface area (Å²) in [5.41, 5.74) is 6.77. The second kappa shape index (κ2) is 6.83. The van der Waals surface area contributed by atoms with Crippen molar-refractivity contribution in [1.82, 2.24) is 4.98 Å². The molecule has 0 aliphatic carbocycles. The summed E-state index contributed by atoms with van der Waals surface area (Å²) in [4.78, 5) is 16.5. The lowest BCUT2D eigenvalue weighted by Crippen LogP contribution is -2.14. The Balaban J connectivity index is 1.96. The van der Waals surface area contributed by atoms with E-state index in [9.17, 15) is 4.79 Å². The lowest BCUT2D eigenvalue weighted by atomic mass is 10.3. The summed E-state index contributed by atoms with van der Waals surface area (Å²) in [6.07, 6.45) is 1.55. The first kappa shape index (κ1) is 15.0. The number of amides is 1. The fraction of sp³-hybridized carbons (Fsp3) is 0.0769. The van der Waals surface area contributed by atoms with E-state index in [0.717, 1.165) is 4.90 Å². The van der Waals surface area contributed by atoms with Crippen LogP contribution in [-0.2, 0) is 4.79 Å². The molecule has 0 saturated carbocycles. The summed E-state index contributed by atoms with van der Waals surface area (Å²) in [5.74, 6) is 0.0115. The van der Waals surface area contributed by atoms with E-state index < -0.39 is 0 Å². The molecule has 0 unspecified atom stereocenters. The van der Waals surface area contributed by atoms with Crippen molar-refractivity contribution in [1.29, 1.82) is 0 Å². The number of nitrogens with one attached hydrogen (secondary N) is 1. The number of nitrogen functional groups attached to an aromatic ring is 1. The Kier molecular flexibility index (Phi) is 5.11. The highest BCUT2D eigenvalue weighted by Crippen LogP contribution is 2.29. The van der Waals surface area contributed by atoms with Gasteiger partial charge in [0.05, 0.1) is 16.5 Å². The van der Waals surface area contributed by atoms with E-state index in [1.165, 1.54) is 11.8 Å². The van der Waals surface area contributed by atoms with Crippen LogP contribution in [0.4, 0.5) is 11.4 Å². The highest BCUT2D eigenvalue weighted by atomic mass is 35.5. The Bertz CT molecular complexity index is 637. The van der Waals surface area contributed by atoms with Gasteiger partial charge in [-0.25, -0.2) is 4.98 Å². The summed E-state index contributed by atoms with van der Waals surface area (Å²) < 4.78 is 0. The molecule has 0 atom stereocenters. The number of hydrogen-bond donors (Lipinski definition) is 2. The molecular weight excluding hydrogens is 317 g/mol. The number of benzene rings is 1. The van der Waals surface area contributed by atoms with Crippen molar-refractivity contribution in [2.75, 3.05) is 16.8 Å². The van der Waals surface area contributed by atoms with Crippen LogP contribution in [-0.4, -0.2) is 16.6 Å². The predicted octanol–water partition coefficient (Wildman–Crippen LogP) is 3.70. The van der Waals surface area contributed by atoms with E-state index in [2.05, 4.69) is 10.3 Å². The van der Waals surface area contributed by atoms with Crippen molar-refractivity contribution in [3.05, 3.63) is 46.7 Å². The maximum absolute atomic E-state index is 11.8. The normalized spacial score (nSPS) is 10.3. The summed E-state index contributed by atoms with van der Waals surface area (Å²) >= 11 is 13.2. The SMILES string of the molecule is Nc1ccc(Cl)c(SCC(=O)Nc2cccnc2Cl)c1. The first-order chi connectivity index (χ1) is 9.56. The molecule has 20 heavy (non-hydrogen) atoms. The van der Waals surface area contributed by atoms with Crippen LogP contribution in [0.15, 0.2) is 41.4 Å². The molecule has 1 aromatic carbocycles. The molecule has 0 spiro atoms. The molecule has 0 aliphatic heterocycles. The Morgan fingerprint density at radius 3 is 2.90 bits per heavy atom. The van der Waals surface area contributed by atoms with Crippen LogP contribution in [0.2, 0.25) is 10.2 Å². The van der Waals surface area contributed by atoms with Gasteiger partial charge in [0.25, 0.3) is 0 Å². The molecule has 0 aliphatic rings. The summed E-state index contributed by atoms with van der Waals surface area (Å²) in [6.45, 7) is 0. The zero-order valence-electron chi connectivity index (χ0n) is 10.3. The number of halogens is 2.